The standard InChI is InChI=1S/C15H10ClNO/c16-6-5-14(18)17-13-4-2-1-3-10(13)12-8-9-7-11(9)15(12)17/h1-4,7-8H,5-6H2. The number of para-hydroxylation sites is 1. The molecule has 0 radical (unpaired) electrons. The topological polar surface area (TPSA) is 22.0 Å². The number of aromatic nitrogens is 1. The van der Waals surface area contributed by atoms with Crippen molar-refractivity contribution in [2.24, 2.45) is 0 Å². The van der Waals surface area contributed by atoms with Gasteiger partial charge in [0.05, 0.1) is 11.0 Å². The number of hydrogen-bond acceptors (Lipinski definition) is 1. The van der Waals surface area contributed by atoms with Crippen molar-refractivity contribution in [1.82, 2.24) is 4.57 Å². The molecule has 0 spiro atoms. The van der Waals surface area contributed by atoms with Gasteiger partial charge < -0.3 is 0 Å². The summed E-state index contributed by atoms with van der Waals surface area (Å²) in [5, 5.41) is 2.33. The molecule has 2 aromatic rings. The average Bonchev–Trinajstić information content (AvgIpc) is 2.92. The maximum Gasteiger partial charge on any atom is 0.232 e. The minimum atomic E-state index is 0.0740. The Bertz CT molecular complexity index is 816. The highest BCUT2D eigenvalue weighted by molar-refractivity contribution is 6.24. The number of rotatable bonds is 2. The molecule has 1 aromatic carbocycles. The Kier molecular flexibility index (Phi) is 1.90. The monoisotopic (exact) mass is 255 g/mol. The van der Waals surface area contributed by atoms with Crippen molar-refractivity contribution in [3.8, 4) is 11.1 Å². The van der Waals surface area contributed by atoms with Crippen LogP contribution in [-0.4, -0.2) is 16.4 Å². The van der Waals surface area contributed by atoms with Gasteiger partial charge in [-0.25, -0.2) is 0 Å². The number of fused-ring (bicyclic) bond motifs is 5. The number of hydrogen-bond donors (Lipinski definition) is 0. The van der Waals surface area contributed by atoms with Crippen LogP contribution in [0.5, 0.6) is 0 Å². The summed E-state index contributed by atoms with van der Waals surface area (Å²) in [5.41, 5.74) is 4.52. The normalized spacial score (nSPS) is 12.3. The van der Waals surface area contributed by atoms with Crippen LogP contribution >= 0.6 is 11.6 Å². The number of carbonyl (C=O) groups is 1. The van der Waals surface area contributed by atoms with E-state index in [0.29, 0.717) is 12.3 Å². The molecule has 88 valence electrons. The van der Waals surface area contributed by atoms with Gasteiger partial charge in [0.1, 0.15) is 0 Å². The maximum absolute atomic E-state index is 12.3. The van der Waals surface area contributed by atoms with E-state index in [0.717, 1.165) is 16.4 Å². The van der Waals surface area contributed by atoms with Gasteiger partial charge in [-0.3, -0.25) is 9.36 Å². The Hall–Kier alpha value is -1.80. The molecule has 3 heteroatoms. The second kappa shape index (κ2) is 3.36. The van der Waals surface area contributed by atoms with Crippen molar-refractivity contribution in [2.75, 3.05) is 5.88 Å². The molecular weight excluding hydrogens is 246 g/mol. The van der Waals surface area contributed by atoms with Gasteiger partial charge in [-0.15, -0.1) is 11.6 Å². The summed E-state index contributed by atoms with van der Waals surface area (Å²) in [4.78, 5) is 12.3. The molecule has 0 fully saturated rings. The van der Waals surface area contributed by atoms with E-state index in [4.69, 9.17) is 11.6 Å². The van der Waals surface area contributed by atoms with Gasteiger partial charge in [0.15, 0.2) is 0 Å². The number of benzene rings is 2. The van der Waals surface area contributed by atoms with Crippen LogP contribution in [0.3, 0.4) is 0 Å². The van der Waals surface area contributed by atoms with E-state index in [2.05, 4.69) is 18.2 Å². The minimum Gasteiger partial charge on any atom is -0.279 e. The van der Waals surface area contributed by atoms with E-state index < -0.39 is 0 Å². The van der Waals surface area contributed by atoms with Crippen LogP contribution < -0.4 is 0 Å². The number of halogens is 1. The molecule has 2 nitrogen and oxygen atoms in total. The lowest BCUT2D eigenvalue weighted by Gasteiger charge is -2.03. The summed E-state index contributed by atoms with van der Waals surface area (Å²) in [6, 6.07) is 12.3. The van der Waals surface area contributed by atoms with Crippen molar-refractivity contribution in [2.45, 2.75) is 6.42 Å². The molecule has 0 saturated carbocycles. The lowest BCUT2D eigenvalue weighted by molar-refractivity contribution is 0.0920. The van der Waals surface area contributed by atoms with Crippen LogP contribution in [0.15, 0.2) is 36.4 Å². The molecule has 4 rings (SSSR count). The third kappa shape index (κ3) is 1.16. The van der Waals surface area contributed by atoms with Crippen molar-refractivity contribution in [3.05, 3.63) is 36.4 Å². The van der Waals surface area contributed by atoms with Crippen molar-refractivity contribution in [3.63, 3.8) is 0 Å². The largest absolute Gasteiger partial charge is 0.279 e. The number of nitrogens with zero attached hydrogens (tertiary/aromatic N) is 1. The van der Waals surface area contributed by atoms with E-state index >= 15 is 0 Å². The van der Waals surface area contributed by atoms with E-state index in [1.165, 1.54) is 16.5 Å². The Labute approximate surface area is 109 Å². The first-order chi connectivity index (χ1) is 8.81. The summed E-state index contributed by atoms with van der Waals surface area (Å²) in [7, 11) is 0. The highest BCUT2D eigenvalue weighted by Gasteiger charge is 2.26. The Morgan fingerprint density at radius 3 is 2.83 bits per heavy atom. The van der Waals surface area contributed by atoms with Gasteiger partial charge in [-0.05, 0) is 23.8 Å². The third-order valence-electron chi connectivity index (χ3n) is 3.55. The second-order valence-corrected chi connectivity index (χ2v) is 4.98. The maximum atomic E-state index is 12.3. The quantitative estimate of drug-likeness (QED) is 0.496. The average molecular weight is 256 g/mol. The fourth-order valence-corrected chi connectivity index (χ4v) is 2.89. The molecule has 0 atom stereocenters. The first-order valence-electron chi connectivity index (χ1n) is 5.98. The zero-order valence-electron chi connectivity index (χ0n) is 9.61. The molecule has 0 amide bonds. The third-order valence-corrected chi connectivity index (χ3v) is 3.74. The fraction of sp³-hybridized carbons (Fsp3) is 0.133. The number of carbonyl (C=O) groups excluding carboxylic acids is 1. The number of alkyl halides is 1. The van der Waals surface area contributed by atoms with Crippen LogP contribution in [0.25, 0.3) is 32.9 Å². The Morgan fingerprint density at radius 2 is 2.00 bits per heavy atom. The molecule has 0 bridgehead atoms. The van der Waals surface area contributed by atoms with Gasteiger partial charge >= 0.3 is 0 Å². The molecule has 1 heterocycles. The Morgan fingerprint density at radius 1 is 1.17 bits per heavy atom. The summed E-state index contributed by atoms with van der Waals surface area (Å²) < 4.78 is 1.83. The highest BCUT2D eigenvalue weighted by atomic mass is 35.5. The molecule has 2 aliphatic rings. The molecule has 18 heavy (non-hydrogen) atoms. The van der Waals surface area contributed by atoms with Crippen molar-refractivity contribution in [1.29, 1.82) is 0 Å². The van der Waals surface area contributed by atoms with Crippen LogP contribution in [-0.2, 0) is 0 Å². The predicted molar refractivity (Wildman–Crippen MR) is 74.4 cm³/mol. The molecule has 2 aliphatic carbocycles. The van der Waals surface area contributed by atoms with E-state index in [1.54, 1.807) is 0 Å². The van der Waals surface area contributed by atoms with Crippen LogP contribution in [0.4, 0.5) is 0 Å². The lowest BCUT2D eigenvalue weighted by Crippen LogP contribution is -2.10. The molecule has 0 N–H and O–H groups in total. The van der Waals surface area contributed by atoms with Crippen molar-refractivity contribution >= 4 is 39.3 Å². The highest BCUT2D eigenvalue weighted by Crippen LogP contribution is 2.46. The van der Waals surface area contributed by atoms with E-state index in [1.807, 2.05) is 22.8 Å². The van der Waals surface area contributed by atoms with Crippen molar-refractivity contribution < 1.29 is 4.79 Å². The molecular formula is C15H10ClNO. The lowest BCUT2D eigenvalue weighted by atomic mass is 10.2. The first kappa shape index (κ1) is 10.2. The summed E-state index contributed by atoms with van der Waals surface area (Å²) in [6.07, 6.45) is 0.370. The summed E-state index contributed by atoms with van der Waals surface area (Å²) in [6.45, 7) is 0. The van der Waals surface area contributed by atoms with Gasteiger partial charge in [0, 0.05) is 28.6 Å². The molecule has 0 unspecified atom stereocenters. The van der Waals surface area contributed by atoms with Crippen LogP contribution in [0, 0.1) is 0 Å². The first-order valence-corrected chi connectivity index (χ1v) is 6.51. The zero-order valence-corrected chi connectivity index (χ0v) is 10.4. The van der Waals surface area contributed by atoms with Gasteiger partial charge in [0.2, 0.25) is 5.91 Å². The van der Waals surface area contributed by atoms with Gasteiger partial charge in [-0.2, -0.15) is 0 Å². The summed E-state index contributed by atoms with van der Waals surface area (Å²) in [5.74, 6) is 0.435. The predicted octanol–water partition coefficient (Wildman–Crippen LogP) is 4.04. The zero-order chi connectivity index (χ0) is 12.3. The smallest absolute Gasteiger partial charge is 0.232 e. The molecule has 0 aliphatic heterocycles. The SMILES string of the molecule is O=C(CCCl)n1c2ccccc2c2cc3cc-3c21. The van der Waals surface area contributed by atoms with Crippen LogP contribution in [0.2, 0.25) is 0 Å². The molecule has 0 saturated heterocycles. The second-order valence-electron chi connectivity index (χ2n) is 4.61. The van der Waals surface area contributed by atoms with Gasteiger partial charge in [0.25, 0.3) is 0 Å². The fourth-order valence-electron chi connectivity index (χ4n) is 2.73. The van der Waals surface area contributed by atoms with Gasteiger partial charge in [-0.1, -0.05) is 18.2 Å². The summed E-state index contributed by atoms with van der Waals surface area (Å²) >= 11 is 5.70. The van der Waals surface area contributed by atoms with E-state index in [-0.39, 0.29) is 5.91 Å². The Balaban J connectivity index is 2.14. The minimum absolute atomic E-state index is 0.0740. The molecule has 1 aromatic heterocycles. The van der Waals surface area contributed by atoms with Crippen LogP contribution in [0.1, 0.15) is 11.2 Å². The van der Waals surface area contributed by atoms with E-state index in [9.17, 15) is 4.79 Å².